The van der Waals surface area contributed by atoms with Gasteiger partial charge < -0.3 is 19.7 Å². The van der Waals surface area contributed by atoms with Crippen LogP contribution in [0.15, 0.2) is 36.4 Å². The Labute approximate surface area is 154 Å². The standard InChI is InChI=1S/C20H25N3O3/c1-14-10-17(22-16-4-6-18(26-3)7-5-16)11-19(21-14)15-8-9-23(12-15)20(24)13-25-2/h4-7,10-11,15H,8-9,12-13H2,1-3H3,(H,21,22). The van der Waals surface area contributed by atoms with Crippen molar-refractivity contribution in [3.63, 3.8) is 0 Å². The highest BCUT2D eigenvalue weighted by Crippen LogP contribution is 2.29. The van der Waals surface area contributed by atoms with E-state index in [2.05, 4.69) is 11.4 Å². The van der Waals surface area contributed by atoms with E-state index in [0.29, 0.717) is 6.54 Å². The average molecular weight is 355 g/mol. The molecule has 0 bridgehead atoms. The topological polar surface area (TPSA) is 63.7 Å². The number of ether oxygens (including phenoxy) is 2. The summed E-state index contributed by atoms with van der Waals surface area (Å²) in [6.45, 7) is 3.58. The molecule has 1 amide bonds. The van der Waals surface area contributed by atoms with Crippen LogP contribution in [0.2, 0.25) is 0 Å². The van der Waals surface area contributed by atoms with Crippen LogP contribution in [0.1, 0.15) is 23.7 Å². The Morgan fingerprint density at radius 3 is 2.69 bits per heavy atom. The van der Waals surface area contributed by atoms with Crippen LogP contribution in [0.3, 0.4) is 0 Å². The molecule has 1 aromatic carbocycles. The zero-order chi connectivity index (χ0) is 18.5. The molecule has 26 heavy (non-hydrogen) atoms. The smallest absolute Gasteiger partial charge is 0.248 e. The molecule has 1 atom stereocenters. The van der Waals surface area contributed by atoms with Gasteiger partial charge in [-0.1, -0.05) is 0 Å². The van der Waals surface area contributed by atoms with Gasteiger partial charge in [-0.25, -0.2) is 0 Å². The van der Waals surface area contributed by atoms with E-state index in [-0.39, 0.29) is 18.4 Å². The minimum atomic E-state index is 0.0410. The molecule has 0 spiro atoms. The molecule has 1 aromatic heterocycles. The van der Waals surface area contributed by atoms with E-state index in [4.69, 9.17) is 14.5 Å². The van der Waals surface area contributed by atoms with Gasteiger partial charge in [-0.05, 0) is 49.7 Å². The number of methoxy groups -OCH3 is 2. The van der Waals surface area contributed by atoms with Crippen molar-refractivity contribution >= 4 is 17.3 Å². The number of likely N-dealkylation sites (tertiary alicyclic amines) is 1. The van der Waals surface area contributed by atoms with Gasteiger partial charge in [0.15, 0.2) is 0 Å². The average Bonchev–Trinajstić information content (AvgIpc) is 3.12. The third-order valence-electron chi connectivity index (χ3n) is 4.58. The SMILES string of the molecule is COCC(=O)N1CCC(c2cc(Nc3ccc(OC)cc3)cc(C)n2)C1. The van der Waals surface area contributed by atoms with Gasteiger partial charge in [-0.2, -0.15) is 0 Å². The molecule has 1 aliphatic heterocycles. The summed E-state index contributed by atoms with van der Waals surface area (Å²) in [5, 5.41) is 3.42. The van der Waals surface area contributed by atoms with Gasteiger partial charge in [0.1, 0.15) is 12.4 Å². The van der Waals surface area contributed by atoms with E-state index < -0.39 is 0 Å². The van der Waals surface area contributed by atoms with Crippen LogP contribution in [0.25, 0.3) is 0 Å². The van der Waals surface area contributed by atoms with Gasteiger partial charge >= 0.3 is 0 Å². The highest BCUT2D eigenvalue weighted by molar-refractivity contribution is 5.77. The van der Waals surface area contributed by atoms with E-state index in [1.165, 1.54) is 0 Å². The molecule has 0 radical (unpaired) electrons. The van der Waals surface area contributed by atoms with Crippen molar-refractivity contribution in [3.05, 3.63) is 47.8 Å². The van der Waals surface area contributed by atoms with E-state index in [0.717, 1.165) is 41.5 Å². The molecular formula is C20H25N3O3. The van der Waals surface area contributed by atoms with Gasteiger partial charge in [0.25, 0.3) is 0 Å². The van der Waals surface area contributed by atoms with Crippen LogP contribution in [0.4, 0.5) is 11.4 Å². The Balaban J connectivity index is 1.72. The number of benzene rings is 1. The van der Waals surface area contributed by atoms with Crippen LogP contribution in [0.5, 0.6) is 5.75 Å². The third-order valence-corrected chi connectivity index (χ3v) is 4.58. The summed E-state index contributed by atoms with van der Waals surface area (Å²) in [6.07, 6.45) is 0.924. The number of pyridine rings is 1. The van der Waals surface area contributed by atoms with Crippen molar-refractivity contribution in [3.8, 4) is 5.75 Å². The van der Waals surface area contributed by atoms with E-state index in [1.807, 2.05) is 42.2 Å². The number of aromatic nitrogens is 1. The molecule has 1 fully saturated rings. The fourth-order valence-electron chi connectivity index (χ4n) is 3.26. The summed E-state index contributed by atoms with van der Waals surface area (Å²) < 4.78 is 10.1. The first-order valence-electron chi connectivity index (χ1n) is 8.75. The summed E-state index contributed by atoms with van der Waals surface area (Å²) >= 11 is 0. The highest BCUT2D eigenvalue weighted by Gasteiger charge is 2.28. The largest absolute Gasteiger partial charge is 0.497 e. The predicted molar refractivity (Wildman–Crippen MR) is 101 cm³/mol. The van der Waals surface area contributed by atoms with Crippen molar-refractivity contribution in [2.45, 2.75) is 19.3 Å². The van der Waals surface area contributed by atoms with Gasteiger partial charge in [-0.3, -0.25) is 9.78 Å². The molecule has 1 N–H and O–H groups in total. The van der Waals surface area contributed by atoms with Crippen LogP contribution in [0, 0.1) is 6.92 Å². The highest BCUT2D eigenvalue weighted by atomic mass is 16.5. The molecule has 138 valence electrons. The van der Waals surface area contributed by atoms with E-state index in [1.54, 1.807) is 14.2 Å². The number of hydrogen-bond acceptors (Lipinski definition) is 5. The molecular weight excluding hydrogens is 330 g/mol. The molecule has 1 saturated heterocycles. The Morgan fingerprint density at radius 2 is 2.00 bits per heavy atom. The number of amides is 1. The van der Waals surface area contributed by atoms with Crippen molar-refractivity contribution < 1.29 is 14.3 Å². The number of aryl methyl sites for hydroxylation is 1. The Hall–Kier alpha value is -2.60. The normalized spacial score (nSPS) is 16.6. The molecule has 1 unspecified atom stereocenters. The second-order valence-electron chi connectivity index (χ2n) is 6.53. The zero-order valence-electron chi connectivity index (χ0n) is 15.5. The zero-order valence-corrected chi connectivity index (χ0v) is 15.5. The molecule has 6 heteroatoms. The second kappa shape index (κ2) is 8.19. The number of hydrogen-bond donors (Lipinski definition) is 1. The first-order valence-corrected chi connectivity index (χ1v) is 8.75. The van der Waals surface area contributed by atoms with Gasteiger partial charge in [0, 0.05) is 48.9 Å². The van der Waals surface area contributed by atoms with Gasteiger partial charge in [0.2, 0.25) is 5.91 Å². The molecule has 2 heterocycles. The lowest BCUT2D eigenvalue weighted by Gasteiger charge is -2.17. The maximum Gasteiger partial charge on any atom is 0.248 e. The molecule has 6 nitrogen and oxygen atoms in total. The number of nitrogens with zero attached hydrogens (tertiary/aromatic N) is 2. The summed E-state index contributed by atoms with van der Waals surface area (Å²) in [4.78, 5) is 18.6. The van der Waals surface area contributed by atoms with Crippen molar-refractivity contribution in [2.75, 3.05) is 39.2 Å². The minimum absolute atomic E-state index is 0.0410. The van der Waals surface area contributed by atoms with Crippen LogP contribution < -0.4 is 10.1 Å². The number of anilines is 2. The first-order chi connectivity index (χ1) is 12.6. The Kier molecular flexibility index (Phi) is 5.73. The maximum atomic E-state index is 12.0. The Morgan fingerprint density at radius 1 is 1.23 bits per heavy atom. The summed E-state index contributed by atoms with van der Waals surface area (Å²) in [7, 11) is 3.20. The summed E-state index contributed by atoms with van der Waals surface area (Å²) in [5.41, 5.74) is 3.97. The van der Waals surface area contributed by atoms with Crippen molar-refractivity contribution in [1.82, 2.24) is 9.88 Å². The first kappa shape index (κ1) is 18.2. The predicted octanol–water partition coefficient (Wildman–Crippen LogP) is 3.10. The van der Waals surface area contributed by atoms with Crippen LogP contribution in [-0.4, -0.2) is 49.7 Å². The summed E-state index contributed by atoms with van der Waals surface area (Å²) in [6, 6.07) is 11.9. The van der Waals surface area contributed by atoms with Gasteiger partial charge in [0.05, 0.1) is 7.11 Å². The molecule has 1 aliphatic rings. The fourth-order valence-corrected chi connectivity index (χ4v) is 3.26. The third kappa shape index (κ3) is 4.32. The second-order valence-corrected chi connectivity index (χ2v) is 6.53. The lowest BCUT2D eigenvalue weighted by molar-refractivity contribution is -0.134. The van der Waals surface area contributed by atoms with E-state index in [9.17, 15) is 4.79 Å². The van der Waals surface area contributed by atoms with E-state index >= 15 is 0 Å². The lowest BCUT2D eigenvalue weighted by atomic mass is 10.0. The number of carbonyl (C=O) groups is 1. The van der Waals surface area contributed by atoms with Crippen molar-refractivity contribution in [1.29, 1.82) is 0 Å². The number of rotatable bonds is 6. The van der Waals surface area contributed by atoms with Crippen LogP contribution in [-0.2, 0) is 9.53 Å². The maximum absolute atomic E-state index is 12.0. The van der Waals surface area contributed by atoms with Crippen LogP contribution >= 0.6 is 0 Å². The minimum Gasteiger partial charge on any atom is -0.497 e. The van der Waals surface area contributed by atoms with Gasteiger partial charge in [-0.15, -0.1) is 0 Å². The fraction of sp³-hybridized carbons (Fsp3) is 0.400. The monoisotopic (exact) mass is 355 g/mol. The molecule has 3 rings (SSSR count). The summed E-state index contributed by atoms with van der Waals surface area (Å²) in [5.74, 6) is 1.13. The Bertz CT molecular complexity index is 761. The van der Waals surface area contributed by atoms with Crippen molar-refractivity contribution in [2.24, 2.45) is 0 Å². The molecule has 2 aromatic rings. The molecule has 0 saturated carbocycles. The molecule has 0 aliphatic carbocycles. The number of carbonyl (C=O) groups excluding carboxylic acids is 1. The lowest BCUT2D eigenvalue weighted by Crippen LogP contribution is -2.31. The quantitative estimate of drug-likeness (QED) is 0.863. The number of nitrogens with one attached hydrogen (secondary N) is 1.